The van der Waals surface area contributed by atoms with Gasteiger partial charge in [-0.15, -0.1) is 0 Å². The maximum atomic E-state index is 12.0. The summed E-state index contributed by atoms with van der Waals surface area (Å²) in [5.74, 6) is 0.133. The average Bonchev–Trinajstić information content (AvgIpc) is 2.29. The number of nitrogens with two attached hydrogens (primary N) is 1. The van der Waals surface area contributed by atoms with Crippen LogP contribution in [0.4, 0.5) is 0 Å². The minimum Gasteiger partial charge on any atom is -0.338 e. The standard InChI is InChI=1S/C12H25N3O/c1-4-6-11(13)12(16)15-8-7-14(3)10(5-2)9-15/h10-11H,4-9,13H2,1-3H3. The van der Waals surface area contributed by atoms with E-state index in [4.69, 9.17) is 5.73 Å². The van der Waals surface area contributed by atoms with Gasteiger partial charge in [-0.1, -0.05) is 20.3 Å². The van der Waals surface area contributed by atoms with E-state index in [1.54, 1.807) is 0 Å². The molecule has 1 aliphatic heterocycles. The van der Waals surface area contributed by atoms with Crippen molar-refractivity contribution in [3.8, 4) is 0 Å². The highest BCUT2D eigenvalue weighted by atomic mass is 16.2. The van der Waals surface area contributed by atoms with Gasteiger partial charge in [-0.05, 0) is 19.9 Å². The molecule has 1 rings (SSSR count). The molecule has 0 bridgehead atoms. The first-order valence-corrected chi connectivity index (χ1v) is 6.34. The summed E-state index contributed by atoms with van der Waals surface area (Å²) in [4.78, 5) is 16.3. The van der Waals surface area contributed by atoms with Crippen LogP contribution in [-0.2, 0) is 4.79 Å². The molecule has 1 saturated heterocycles. The Bertz CT molecular complexity index is 232. The summed E-state index contributed by atoms with van der Waals surface area (Å²) in [6, 6.07) is 0.192. The fourth-order valence-electron chi connectivity index (χ4n) is 2.26. The molecule has 1 heterocycles. The summed E-state index contributed by atoms with van der Waals surface area (Å²) < 4.78 is 0. The van der Waals surface area contributed by atoms with Crippen LogP contribution >= 0.6 is 0 Å². The van der Waals surface area contributed by atoms with E-state index in [0.29, 0.717) is 6.04 Å². The van der Waals surface area contributed by atoms with E-state index in [0.717, 1.165) is 38.9 Å². The van der Waals surface area contributed by atoms with Gasteiger partial charge in [0.05, 0.1) is 6.04 Å². The maximum Gasteiger partial charge on any atom is 0.239 e. The number of likely N-dealkylation sites (N-methyl/N-ethyl adjacent to an activating group) is 1. The lowest BCUT2D eigenvalue weighted by Crippen LogP contribution is -2.56. The van der Waals surface area contributed by atoms with Crippen LogP contribution in [0, 0.1) is 0 Å². The van der Waals surface area contributed by atoms with Crippen LogP contribution in [0.1, 0.15) is 33.1 Å². The molecule has 16 heavy (non-hydrogen) atoms. The van der Waals surface area contributed by atoms with E-state index in [1.807, 2.05) is 4.90 Å². The summed E-state index contributed by atoms with van der Waals surface area (Å²) in [6.45, 7) is 6.85. The second kappa shape index (κ2) is 6.21. The van der Waals surface area contributed by atoms with E-state index in [-0.39, 0.29) is 11.9 Å². The number of hydrogen-bond acceptors (Lipinski definition) is 3. The first-order valence-electron chi connectivity index (χ1n) is 6.34. The number of hydrogen-bond donors (Lipinski definition) is 1. The van der Waals surface area contributed by atoms with Crippen molar-refractivity contribution in [3.63, 3.8) is 0 Å². The van der Waals surface area contributed by atoms with Crippen LogP contribution in [-0.4, -0.2) is 54.5 Å². The van der Waals surface area contributed by atoms with Crippen LogP contribution in [0.15, 0.2) is 0 Å². The van der Waals surface area contributed by atoms with E-state index < -0.39 is 0 Å². The number of amides is 1. The van der Waals surface area contributed by atoms with Gasteiger partial charge in [-0.2, -0.15) is 0 Å². The van der Waals surface area contributed by atoms with Crippen LogP contribution in [0.2, 0.25) is 0 Å². The summed E-state index contributed by atoms with van der Waals surface area (Å²) in [5, 5.41) is 0. The van der Waals surface area contributed by atoms with Crippen molar-refractivity contribution in [2.24, 2.45) is 5.73 Å². The molecule has 0 radical (unpaired) electrons. The summed E-state index contributed by atoms with van der Waals surface area (Å²) in [7, 11) is 2.13. The van der Waals surface area contributed by atoms with Crippen LogP contribution in [0.25, 0.3) is 0 Å². The molecule has 0 spiro atoms. The van der Waals surface area contributed by atoms with Crippen LogP contribution < -0.4 is 5.73 Å². The van der Waals surface area contributed by atoms with Crippen LogP contribution in [0.3, 0.4) is 0 Å². The predicted octanol–water partition coefficient (Wildman–Crippen LogP) is 0.666. The van der Waals surface area contributed by atoms with Crippen LogP contribution in [0.5, 0.6) is 0 Å². The zero-order valence-corrected chi connectivity index (χ0v) is 10.8. The topological polar surface area (TPSA) is 49.6 Å². The fourth-order valence-corrected chi connectivity index (χ4v) is 2.26. The lowest BCUT2D eigenvalue weighted by Gasteiger charge is -2.40. The van der Waals surface area contributed by atoms with Crippen molar-refractivity contribution in [3.05, 3.63) is 0 Å². The first-order chi connectivity index (χ1) is 7.60. The minimum absolute atomic E-state index is 0.133. The summed E-state index contributed by atoms with van der Waals surface area (Å²) >= 11 is 0. The van der Waals surface area contributed by atoms with E-state index in [2.05, 4.69) is 25.8 Å². The third-order valence-corrected chi connectivity index (χ3v) is 3.48. The lowest BCUT2D eigenvalue weighted by atomic mass is 10.1. The van der Waals surface area contributed by atoms with E-state index >= 15 is 0 Å². The average molecular weight is 227 g/mol. The molecule has 4 heteroatoms. The zero-order valence-electron chi connectivity index (χ0n) is 10.8. The smallest absolute Gasteiger partial charge is 0.239 e. The molecular weight excluding hydrogens is 202 g/mol. The van der Waals surface area contributed by atoms with Gasteiger partial charge in [-0.25, -0.2) is 0 Å². The third-order valence-electron chi connectivity index (χ3n) is 3.48. The number of piperazine rings is 1. The van der Waals surface area contributed by atoms with E-state index in [9.17, 15) is 4.79 Å². The van der Waals surface area contributed by atoms with Crippen molar-refractivity contribution in [2.45, 2.75) is 45.2 Å². The van der Waals surface area contributed by atoms with Crippen molar-refractivity contribution >= 4 is 5.91 Å². The van der Waals surface area contributed by atoms with Gasteiger partial charge in [0.25, 0.3) is 0 Å². The molecule has 0 aliphatic carbocycles. The molecule has 94 valence electrons. The lowest BCUT2D eigenvalue weighted by molar-refractivity contribution is -0.135. The molecule has 1 amide bonds. The van der Waals surface area contributed by atoms with Gasteiger partial charge in [-0.3, -0.25) is 9.69 Å². The molecule has 0 aromatic rings. The molecule has 1 aliphatic rings. The monoisotopic (exact) mass is 227 g/mol. The zero-order chi connectivity index (χ0) is 12.1. The highest BCUT2D eigenvalue weighted by Gasteiger charge is 2.28. The Hall–Kier alpha value is -0.610. The van der Waals surface area contributed by atoms with E-state index in [1.165, 1.54) is 0 Å². The number of carbonyl (C=O) groups is 1. The number of nitrogens with zero attached hydrogens (tertiary/aromatic N) is 2. The first kappa shape index (κ1) is 13.5. The Labute approximate surface area is 98.8 Å². The Morgan fingerprint density at radius 2 is 2.12 bits per heavy atom. The normalized spacial score (nSPS) is 24.5. The number of carbonyl (C=O) groups excluding carboxylic acids is 1. The molecule has 0 aromatic carbocycles. The molecular formula is C12H25N3O. The van der Waals surface area contributed by atoms with Gasteiger partial charge < -0.3 is 10.6 Å². The molecule has 2 atom stereocenters. The molecule has 2 unspecified atom stereocenters. The fraction of sp³-hybridized carbons (Fsp3) is 0.917. The highest BCUT2D eigenvalue weighted by Crippen LogP contribution is 2.12. The summed E-state index contributed by atoms with van der Waals surface area (Å²) in [6.07, 6.45) is 2.85. The van der Waals surface area contributed by atoms with Gasteiger partial charge in [0.2, 0.25) is 5.91 Å². The molecule has 2 N–H and O–H groups in total. The molecule has 0 aromatic heterocycles. The van der Waals surface area contributed by atoms with Gasteiger partial charge >= 0.3 is 0 Å². The quantitative estimate of drug-likeness (QED) is 0.768. The Balaban J connectivity index is 2.51. The van der Waals surface area contributed by atoms with Crippen molar-refractivity contribution < 1.29 is 4.79 Å². The largest absolute Gasteiger partial charge is 0.338 e. The maximum absolute atomic E-state index is 12.0. The Kier molecular flexibility index (Phi) is 5.22. The molecule has 0 saturated carbocycles. The molecule has 4 nitrogen and oxygen atoms in total. The van der Waals surface area contributed by atoms with Gasteiger partial charge in [0, 0.05) is 25.7 Å². The second-order valence-electron chi connectivity index (χ2n) is 4.72. The summed E-state index contributed by atoms with van der Waals surface area (Å²) in [5.41, 5.74) is 5.88. The van der Waals surface area contributed by atoms with Crippen molar-refractivity contribution in [1.29, 1.82) is 0 Å². The van der Waals surface area contributed by atoms with Crippen molar-refractivity contribution in [1.82, 2.24) is 9.80 Å². The van der Waals surface area contributed by atoms with Gasteiger partial charge in [0.15, 0.2) is 0 Å². The third kappa shape index (κ3) is 3.19. The van der Waals surface area contributed by atoms with Crippen molar-refractivity contribution in [2.75, 3.05) is 26.7 Å². The SMILES string of the molecule is CCCC(N)C(=O)N1CCN(C)C(CC)C1. The highest BCUT2D eigenvalue weighted by molar-refractivity contribution is 5.81. The second-order valence-corrected chi connectivity index (χ2v) is 4.72. The number of rotatable bonds is 4. The predicted molar refractivity (Wildman–Crippen MR) is 66.2 cm³/mol. The minimum atomic E-state index is -0.300. The molecule has 1 fully saturated rings. The Morgan fingerprint density at radius 3 is 2.69 bits per heavy atom. The van der Waals surface area contributed by atoms with Gasteiger partial charge in [0.1, 0.15) is 0 Å². The Morgan fingerprint density at radius 1 is 1.44 bits per heavy atom.